The van der Waals surface area contributed by atoms with Gasteiger partial charge in [0, 0.05) is 25.0 Å². The van der Waals surface area contributed by atoms with Crippen molar-refractivity contribution >= 4 is 51.1 Å². The Hall–Kier alpha value is -1.13. The van der Waals surface area contributed by atoms with E-state index in [2.05, 4.69) is 27.1 Å². The average molecular weight is 493 g/mol. The Bertz CT molecular complexity index is 733. The van der Waals surface area contributed by atoms with Gasteiger partial charge in [0.15, 0.2) is 15.8 Å². The Balaban J connectivity index is 0.00000312. The van der Waals surface area contributed by atoms with Crippen LogP contribution in [0.5, 0.6) is 0 Å². The van der Waals surface area contributed by atoms with E-state index in [4.69, 9.17) is 0 Å². The van der Waals surface area contributed by atoms with Crippen LogP contribution >= 0.6 is 35.3 Å². The highest BCUT2D eigenvalue weighted by atomic mass is 127. The summed E-state index contributed by atoms with van der Waals surface area (Å²) in [7, 11) is -1.50. The van der Waals surface area contributed by atoms with Gasteiger partial charge in [-0.05, 0) is 36.4 Å². The summed E-state index contributed by atoms with van der Waals surface area (Å²) in [5.74, 6) is 0.819. The molecule has 0 bridgehead atoms. The van der Waals surface area contributed by atoms with E-state index in [1.165, 1.54) is 4.88 Å². The monoisotopic (exact) mass is 493 g/mol. The molecule has 2 N–H and O–H groups in total. The second-order valence-corrected chi connectivity index (χ2v) is 8.38. The molecule has 0 spiro atoms. The maximum Gasteiger partial charge on any atom is 0.190 e. The number of hydrogen-bond donors (Lipinski definition) is 2. The molecule has 1 aromatic heterocycles. The van der Waals surface area contributed by atoms with Crippen molar-refractivity contribution in [3.05, 3.63) is 52.7 Å². The summed E-state index contributed by atoms with van der Waals surface area (Å²) >= 11 is 1.74. The molecule has 0 saturated carbocycles. The summed E-state index contributed by atoms with van der Waals surface area (Å²) in [6.07, 6.45) is 1.48. The smallest absolute Gasteiger partial charge is 0.190 e. The summed E-state index contributed by atoms with van der Waals surface area (Å²) in [5, 5.41) is 8.45. The van der Waals surface area contributed by atoms with Crippen molar-refractivity contribution in [2.75, 3.05) is 25.9 Å². The summed E-state index contributed by atoms with van der Waals surface area (Å²) in [4.78, 5) is 5.85. The molecule has 0 aliphatic rings. The lowest BCUT2D eigenvalue weighted by atomic mass is 10.3. The molecule has 1 aromatic carbocycles. The van der Waals surface area contributed by atoms with Crippen LogP contribution in [0, 0.1) is 0 Å². The fourth-order valence-corrected chi connectivity index (χ4v) is 4.24. The van der Waals surface area contributed by atoms with Crippen LogP contribution < -0.4 is 10.6 Å². The van der Waals surface area contributed by atoms with Gasteiger partial charge in [-0.25, -0.2) is 8.42 Å². The molecule has 0 saturated heterocycles. The third-order valence-electron chi connectivity index (χ3n) is 3.45. The molecule has 0 amide bonds. The third-order valence-corrected chi connectivity index (χ3v) is 6.20. The molecule has 138 valence electrons. The number of nitrogens with zero attached hydrogens (tertiary/aromatic N) is 1. The molecule has 2 aromatic rings. The lowest BCUT2D eigenvalue weighted by Crippen LogP contribution is -2.39. The fraction of sp³-hybridized carbons (Fsp3) is 0.353. The summed E-state index contributed by atoms with van der Waals surface area (Å²) in [6, 6.07) is 12.7. The van der Waals surface area contributed by atoms with Crippen molar-refractivity contribution in [3.63, 3.8) is 0 Å². The Morgan fingerprint density at radius 3 is 2.44 bits per heavy atom. The van der Waals surface area contributed by atoms with Gasteiger partial charge in [0.05, 0.1) is 10.6 Å². The average Bonchev–Trinajstić information content (AvgIpc) is 3.11. The van der Waals surface area contributed by atoms with Gasteiger partial charge in [-0.15, -0.1) is 35.3 Å². The Morgan fingerprint density at radius 1 is 1.08 bits per heavy atom. The number of halogens is 1. The van der Waals surface area contributed by atoms with E-state index in [1.54, 1.807) is 42.6 Å². The van der Waals surface area contributed by atoms with E-state index in [9.17, 15) is 8.42 Å². The normalized spacial score (nSPS) is 11.6. The zero-order valence-electron chi connectivity index (χ0n) is 14.1. The molecule has 5 nitrogen and oxygen atoms in total. The molecule has 0 atom stereocenters. The summed E-state index contributed by atoms with van der Waals surface area (Å²) < 4.78 is 24.4. The molecule has 0 aliphatic carbocycles. The van der Waals surface area contributed by atoms with Crippen LogP contribution in [-0.4, -0.2) is 40.3 Å². The van der Waals surface area contributed by atoms with Crippen molar-refractivity contribution in [1.82, 2.24) is 10.6 Å². The Kier molecular flexibility index (Phi) is 10.1. The first-order chi connectivity index (χ1) is 11.6. The largest absolute Gasteiger partial charge is 0.356 e. The second kappa shape index (κ2) is 11.5. The fourth-order valence-electron chi connectivity index (χ4n) is 2.19. The molecule has 1 heterocycles. The van der Waals surface area contributed by atoms with Gasteiger partial charge in [0.25, 0.3) is 0 Å². The molecule has 0 fully saturated rings. The number of nitrogens with one attached hydrogen (secondary N) is 2. The minimum atomic E-state index is -3.21. The second-order valence-electron chi connectivity index (χ2n) is 5.24. The van der Waals surface area contributed by atoms with Gasteiger partial charge < -0.3 is 10.6 Å². The minimum absolute atomic E-state index is 0. The van der Waals surface area contributed by atoms with Crippen LogP contribution in [0.3, 0.4) is 0 Å². The lowest BCUT2D eigenvalue weighted by molar-refractivity contribution is 0.592. The van der Waals surface area contributed by atoms with E-state index >= 15 is 0 Å². The Morgan fingerprint density at radius 2 is 1.80 bits per heavy atom. The standard InChI is InChI=1S/C17H23N3O2S2.HI/c1-18-17(20-12-10-15-7-5-13-23-15)19-11-6-14-24(21,22)16-8-3-2-4-9-16;/h2-5,7-9,13H,6,10-12,14H2,1H3,(H2,18,19,20);1H. The van der Waals surface area contributed by atoms with Gasteiger partial charge in [-0.3, -0.25) is 4.99 Å². The summed E-state index contributed by atoms with van der Waals surface area (Å²) in [6.45, 7) is 1.35. The number of hydrogen-bond acceptors (Lipinski definition) is 4. The highest BCUT2D eigenvalue weighted by Crippen LogP contribution is 2.10. The van der Waals surface area contributed by atoms with Gasteiger partial charge >= 0.3 is 0 Å². The van der Waals surface area contributed by atoms with E-state index in [0.29, 0.717) is 23.8 Å². The van der Waals surface area contributed by atoms with E-state index in [0.717, 1.165) is 13.0 Å². The molecule has 0 aliphatic heterocycles. The van der Waals surface area contributed by atoms with Gasteiger partial charge in [0.2, 0.25) is 0 Å². The maximum absolute atomic E-state index is 12.2. The van der Waals surface area contributed by atoms with Crippen molar-refractivity contribution in [1.29, 1.82) is 0 Å². The van der Waals surface area contributed by atoms with Crippen molar-refractivity contribution in [3.8, 4) is 0 Å². The third kappa shape index (κ3) is 7.74. The molecule has 2 rings (SSSR count). The van der Waals surface area contributed by atoms with Crippen LogP contribution in [0.25, 0.3) is 0 Å². The van der Waals surface area contributed by atoms with Crippen molar-refractivity contribution in [2.45, 2.75) is 17.7 Å². The van der Waals surface area contributed by atoms with Crippen LogP contribution in [-0.2, 0) is 16.3 Å². The summed E-state index contributed by atoms with van der Waals surface area (Å²) in [5.41, 5.74) is 0. The number of benzene rings is 1. The first-order valence-corrected chi connectivity index (χ1v) is 10.4. The zero-order chi connectivity index (χ0) is 17.3. The predicted molar refractivity (Wildman–Crippen MR) is 116 cm³/mol. The number of rotatable bonds is 8. The van der Waals surface area contributed by atoms with E-state index in [-0.39, 0.29) is 29.7 Å². The van der Waals surface area contributed by atoms with Crippen LogP contribution in [0.15, 0.2) is 57.7 Å². The van der Waals surface area contributed by atoms with Gasteiger partial charge in [-0.2, -0.15) is 0 Å². The van der Waals surface area contributed by atoms with Crippen molar-refractivity contribution < 1.29 is 8.42 Å². The zero-order valence-corrected chi connectivity index (χ0v) is 18.1. The highest BCUT2D eigenvalue weighted by Gasteiger charge is 2.13. The molecular formula is C17H24IN3O2S2. The molecule has 25 heavy (non-hydrogen) atoms. The number of guanidine groups is 1. The topological polar surface area (TPSA) is 70.6 Å². The van der Waals surface area contributed by atoms with Crippen LogP contribution in [0.2, 0.25) is 0 Å². The van der Waals surface area contributed by atoms with Crippen LogP contribution in [0.1, 0.15) is 11.3 Å². The minimum Gasteiger partial charge on any atom is -0.356 e. The molecule has 0 radical (unpaired) electrons. The first kappa shape index (κ1) is 21.9. The van der Waals surface area contributed by atoms with Gasteiger partial charge in [-0.1, -0.05) is 24.3 Å². The van der Waals surface area contributed by atoms with Crippen LogP contribution in [0.4, 0.5) is 0 Å². The molecular weight excluding hydrogens is 469 g/mol. The van der Waals surface area contributed by atoms with Gasteiger partial charge in [0.1, 0.15) is 0 Å². The lowest BCUT2D eigenvalue weighted by Gasteiger charge is -2.11. The SMILES string of the molecule is CN=C(NCCCS(=O)(=O)c1ccccc1)NCCc1cccs1.I. The first-order valence-electron chi connectivity index (χ1n) is 7.86. The van der Waals surface area contributed by atoms with E-state index in [1.807, 2.05) is 12.1 Å². The number of thiophene rings is 1. The maximum atomic E-state index is 12.2. The van der Waals surface area contributed by atoms with E-state index < -0.39 is 9.84 Å². The van der Waals surface area contributed by atoms with Crippen molar-refractivity contribution in [2.24, 2.45) is 4.99 Å². The number of aliphatic imine (C=N–C) groups is 1. The predicted octanol–water partition coefficient (Wildman–Crippen LogP) is 2.94. The number of sulfone groups is 1. The Labute approximate surface area is 170 Å². The quantitative estimate of drug-likeness (QED) is 0.257. The highest BCUT2D eigenvalue weighted by molar-refractivity contribution is 14.0. The molecule has 0 unspecified atom stereocenters. The molecule has 8 heteroatoms.